The van der Waals surface area contributed by atoms with Crippen molar-refractivity contribution in [2.45, 2.75) is 63.9 Å². The van der Waals surface area contributed by atoms with Gasteiger partial charge in [0.2, 0.25) is 5.72 Å². The van der Waals surface area contributed by atoms with Crippen LogP contribution in [-0.2, 0) is 19.9 Å². The minimum atomic E-state index is -0.862. The van der Waals surface area contributed by atoms with E-state index in [1.54, 1.807) is 6.33 Å². The van der Waals surface area contributed by atoms with Gasteiger partial charge < -0.3 is 30.6 Å². The number of rotatable bonds is 7. The average Bonchev–Trinajstić information content (AvgIpc) is 3.31. The average molecular weight is 420 g/mol. The zero-order valence-electron chi connectivity index (χ0n) is 18.4. The number of likely N-dealkylation sites (N-methyl/N-ethyl adjacent to an activating group) is 1. The highest BCUT2D eigenvalue weighted by atomic mass is 16.8. The minimum absolute atomic E-state index is 0.163. The van der Waals surface area contributed by atoms with Gasteiger partial charge >= 0.3 is 0 Å². The molecule has 0 aliphatic carbocycles. The molecule has 10 nitrogen and oxygen atoms in total. The topological polar surface area (TPSA) is 127 Å². The second-order valence-corrected chi connectivity index (χ2v) is 9.24. The second kappa shape index (κ2) is 7.69. The summed E-state index contributed by atoms with van der Waals surface area (Å²) in [4.78, 5) is 15.1. The lowest BCUT2D eigenvalue weighted by Crippen LogP contribution is -2.46. The van der Waals surface area contributed by atoms with E-state index < -0.39 is 11.5 Å². The Morgan fingerprint density at radius 3 is 2.80 bits per heavy atom. The zero-order valence-corrected chi connectivity index (χ0v) is 18.4. The Morgan fingerprint density at radius 2 is 2.07 bits per heavy atom. The summed E-state index contributed by atoms with van der Waals surface area (Å²) in [5, 5.41) is 0. The highest BCUT2D eigenvalue weighted by Crippen LogP contribution is 2.47. The van der Waals surface area contributed by atoms with E-state index in [1.807, 2.05) is 18.4 Å². The van der Waals surface area contributed by atoms with E-state index >= 15 is 0 Å². The van der Waals surface area contributed by atoms with Crippen molar-refractivity contribution in [3.63, 3.8) is 0 Å². The van der Waals surface area contributed by atoms with E-state index in [4.69, 9.17) is 25.7 Å². The monoisotopic (exact) mass is 419 g/mol. The lowest BCUT2D eigenvalue weighted by atomic mass is 10.0. The molecule has 2 aromatic rings. The Morgan fingerprint density at radius 1 is 1.30 bits per heavy atom. The van der Waals surface area contributed by atoms with Crippen LogP contribution in [0.3, 0.4) is 0 Å². The Balaban J connectivity index is 1.57. The number of anilines is 1. The number of aromatic nitrogens is 4. The van der Waals surface area contributed by atoms with E-state index in [1.165, 1.54) is 6.33 Å². The molecule has 2 fully saturated rings. The second-order valence-electron chi connectivity index (χ2n) is 9.24. The van der Waals surface area contributed by atoms with E-state index in [2.05, 4.69) is 40.7 Å². The third-order valence-corrected chi connectivity index (χ3v) is 6.08. The molecule has 10 heteroatoms. The quantitative estimate of drug-likeness (QED) is 0.673. The first-order chi connectivity index (χ1) is 14.1. The summed E-state index contributed by atoms with van der Waals surface area (Å²) in [7, 11) is 2.08. The molecular formula is C20H33N7O3. The van der Waals surface area contributed by atoms with E-state index in [0.717, 1.165) is 13.0 Å². The number of fused-ring (bicyclic) bond motifs is 2. The largest absolute Gasteiger partial charge is 0.382 e. The third-order valence-electron chi connectivity index (χ3n) is 6.08. The van der Waals surface area contributed by atoms with Crippen molar-refractivity contribution in [3.8, 4) is 0 Å². The van der Waals surface area contributed by atoms with Crippen LogP contribution in [0.4, 0.5) is 5.82 Å². The summed E-state index contributed by atoms with van der Waals surface area (Å²) >= 11 is 0. The summed E-state index contributed by atoms with van der Waals surface area (Å²) in [5.41, 5.74) is 12.5. The predicted molar refractivity (Wildman–Crippen MR) is 112 cm³/mol. The molecule has 2 aliphatic heterocycles. The van der Waals surface area contributed by atoms with Crippen LogP contribution in [0.25, 0.3) is 11.2 Å². The molecule has 4 rings (SSSR count). The van der Waals surface area contributed by atoms with E-state index in [0.29, 0.717) is 36.1 Å². The fourth-order valence-electron chi connectivity index (χ4n) is 4.33. The molecule has 2 saturated heterocycles. The number of nitrogens with zero attached hydrogens (tertiary/aromatic N) is 5. The molecule has 0 radical (unpaired) electrons. The minimum Gasteiger partial charge on any atom is -0.382 e. The van der Waals surface area contributed by atoms with Gasteiger partial charge in [-0.2, -0.15) is 0 Å². The molecular weight excluding hydrogens is 386 g/mol. The van der Waals surface area contributed by atoms with Crippen molar-refractivity contribution in [1.29, 1.82) is 0 Å². The van der Waals surface area contributed by atoms with Gasteiger partial charge in [-0.05, 0) is 39.8 Å². The van der Waals surface area contributed by atoms with Crippen LogP contribution in [-0.4, -0.2) is 75.2 Å². The Hall–Kier alpha value is -1.85. The summed E-state index contributed by atoms with van der Waals surface area (Å²) in [6.07, 6.45) is 3.57. The van der Waals surface area contributed by atoms with Gasteiger partial charge in [0, 0.05) is 12.6 Å². The first kappa shape index (κ1) is 21.4. The highest BCUT2D eigenvalue weighted by Gasteiger charge is 2.63. The summed E-state index contributed by atoms with van der Waals surface area (Å²) in [5.74, 6) is 0.0344. The number of ether oxygens (including phenoxy) is 3. The maximum Gasteiger partial charge on any atom is 0.203 e. The van der Waals surface area contributed by atoms with Crippen LogP contribution in [0.1, 0.15) is 34.1 Å². The number of hydrogen-bond acceptors (Lipinski definition) is 9. The molecule has 2 aromatic heterocycles. The number of nitrogen functional groups attached to an aromatic ring is 1. The lowest BCUT2D eigenvalue weighted by molar-refractivity contribution is -0.205. The molecule has 4 N–H and O–H groups in total. The van der Waals surface area contributed by atoms with Crippen molar-refractivity contribution < 1.29 is 14.2 Å². The van der Waals surface area contributed by atoms with Gasteiger partial charge in [-0.1, -0.05) is 13.8 Å². The van der Waals surface area contributed by atoms with Crippen molar-refractivity contribution >= 4 is 17.0 Å². The highest BCUT2D eigenvalue weighted by molar-refractivity contribution is 5.81. The van der Waals surface area contributed by atoms with Crippen molar-refractivity contribution in [1.82, 2.24) is 24.4 Å². The molecule has 4 heterocycles. The number of nitrogens with two attached hydrogens (primary N) is 2. The van der Waals surface area contributed by atoms with Crippen LogP contribution in [0.5, 0.6) is 0 Å². The fraction of sp³-hybridized carbons (Fsp3) is 0.750. The maximum atomic E-state index is 6.43. The Kier molecular flexibility index (Phi) is 5.48. The first-order valence-electron chi connectivity index (χ1n) is 10.5. The Bertz CT molecular complexity index is 902. The molecule has 4 atom stereocenters. The zero-order chi connectivity index (χ0) is 21.7. The summed E-state index contributed by atoms with van der Waals surface area (Å²) in [6, 6.07) is 0.184. The van der Waals surface area contributed by atoms with Crippen LogP contribution < -0.4 is 11.5 Å². The smallest absolute Gasteiger partial charge is 0.203 e. The standard InChI is InChI=1S/C20H33N7O3/c1-12(2)13(21)6-7-26(5)8-14-16-20(9-28-14,30-19(3,4)29-16)27-11-25-15-17(22)23-10-24-18(15)27/h10-14,16H,6-9,21H2,1-5H3,(H2,22,23,24)/t13-,14-,16-,20+/m1/s1. The van der Waals surface area contributed by atoms with Gasteiger partial charge in [-0.15, -0.1) is 0 Å². The van der Waals surface area contributed by atoms with Crippen molar-refractivity contribution in [3.05, 3.63) is 12.7 Å². The van der Waals surface area contributed by atoms with Gasteiger partial charge in [0.15, 0.2) is 17.3 Å². The fourth-order valence-corrected chi connectivity index (χ4v) is 4.33. The van der Waals surface area contributed by atoms with Crippen LogP contribution in [0.2, 0.25) is 0 Å². The lowest BCUT2D eigenvalue weighted by Gasteiger charge is -2.29. The molecule has 166 valence electrons. The van der Waals surface area contributed by atoms with Gasteiger partial charge in [-0.25, -0.2) is 15.0 Å². The van der Waals surface area contributed by atoms with Gasteiger partial charge in [0.1, 0.15) is 24.1 Å². The van der Waals surface area contributed by atoms with Crippen LogP contribution in [0.15, 0.2) is 12.7 Å². The molecule has 30 heavy (non-hydrogen) atoms. The molecule has 0 amide bonds. The molecule has 0 bridgehead atoms. The summed E-state index contributed by atoms with van der Waals surface area (Å²) < 4.78 is 20.8. The van der Waals surface area contributed by atoms with Gasteiger partial charge in [0.05, 0.1) is 12.9 Å². The van der Waals surface area contributed by atoms with Crippen LogP contribution >= 0.6 is 0 Å². The molecule has 2 aliphatic rings. The van der Waals surface area contributed by atoms with Crippen molar-refractivity contribution in [2.24, 2.45) is 11.7 Å². The SMILES string of the molecule is CC(C)[C@H](N)CCN(C)C[C@H]1OC[C@]2(n3cnc4c(N)ncnc43)OC(C)(C)O[C@H]12. The molecule has 0 unspecified atom stereocenters. The van der Waals surface area contributed by atoms with Gasteiger partial charge in [-0.3, -0.25) is 4.57 Å². The van der Waals surface area contributed by atoms with E-state index in [-0.39, 0.29) is 18.2 Å². The normalized spacial score (nSPS) is 29.2. The molecule has 0 spiro atoms. The predicted octanol–water partition coefficient (Wildman–Crippen LogP) is 0.917. The van der Waals surface area contributed by atoms with E-state index in [9.17, 15) is 0 Å². The first-order valence-corrected chi connectivity index (χ1v) is 10.5. The van der Waals surface area contributed by atoms with Crippen molar-refractivity contribution in [2.75, 3.05) is 32.5 Å². The number of imidazole rings is 1. The molecule has 0 aromatic carbocycles. The maximum absolute atomic E-state index is 6.43. The Labute approximate surface area is 176 Å². The number of hydrogen-bond donors (Lipinski definition) is 2. The van der Waals surface area contributed by atoms with Crippen LogP contribution in [0, 0.1) is 5.92 Å². The van der Waals surface area contributed by atoms with Gasteiger partial charge in [0.25, 0.3) is 0 Å². The molecule has 0 saturated carbocycles. The summed E-state index contributed by atoms with van der Waals surface area (Å²) in [6.45, 7) is 10.1. The third kappa shape index (κ3) is 3.67.